The lowest BCUT2D eigenvalue weighted by atomic mass is 10.1. The van der Waals surface area contributed by atoms with Crippen LogP contribution < -0.4 is 14.8 Å². The van der Waals surface area contributed by atoms with Crippen molar-refractivity contribution < 1.29 is 19.4 Å². The summed E-state index contributed by atoms with van der Waals surface area (Å²) in [5.74, 6) is 2.50. The Labute approximate surface area is 145 Å². The van der Waals surface area contributed by atoms with Crippen molar-refractivity contribution in [1.82, 2.24) is 0 Å². The van der Waals surface area contributed by atoms with Gasteiger partial charge in [-0.1, -0.05) is 30.3 Å². The summed E-state index contributed by atoms with van der Waals surface area (Å²) in [6, 6.07) is 14.9. The lowest BCUT2D eigenvalue weighted by Crippen LogP contribution is -2.12. The second-order valence-corrected chi connectivity index (χ2v) is 6.52. The number of thioether (sulfide) groups is 1. The molecule has 126 valence electrons. The van der Waals surface area contributed by atoms with Crippen molar-refractivity contribution in [2.45, 2.75) is 12.5 Å². The molecule has 1 aliphatic rings. The van der Waals surface area contributed by atoms with Crippen molar-refractivity contribution in [2.24, 2.45) is 0 Å². The first-order chi connectivity index (χ1) is 11.7. The SMILES string of the molecule is O=C(CCSC[C@@H](O)c1ccccc1)Nc1ccc2c(c1)OCO2. The maximum atomic E-state index is 12.0. The number of fused-ring (bicyclic) bond motifs is 1. The van der Waals surface area contributed by atoms with E-state index in [1.807, 2.05) is 30.3 Å². The largest absolute Gasteiger partial charge is 0.454 e. The van der Waals surface area contributed by atoms with Crippen molar-refractivity contribution in [2.75, 3.05) is 23.6 Å². The van der Waals surface area contributed by atoms with Crippen LogP contribution in [0.15, 0.2) is 48.5 Å². The molecule has 2 aromatic rings. The molecule has 5 nitrogen and oxygen atoms in total. The maximum absolute atomic E-state index is 12.0. The van der Waals surface area contributed by atoms with Crippen molar-refractivity contribution in [3.63, 3.8) is 0 Å². The van der Waals surface area contributed by atoms with E-state index in [-0.39, 0.29) is 12.7 Å². The minimum atomic E-state index is -0.506. The molecule has 0 spiro atoms. The molecule has 0 unspecified atom stereocenters. The maximum Gasteiger partial charge on any atom is 0.231 e. The van der Waals surface area contributed by atoms with E-state index in [1.54, 1.807) is 30.0 Å². The number of ether oxygens (including phenoxy) is 2. The number of hydrogen-bond acceptors (Lipinski definition) is 5. The third-order valence-electron chi connectivity index (χ3n) is 3.59. The summed E-state index contributed by atoms with van der Waals surface area (Å²) in [6.45, 7) is 0.215. The topological polar surface area (TPSA) is 67.8 Å². The van der Waals surface area contributed by atoms with E-state index in [0.29, 0.717) is 35.1 Å². The number of aliphatic hydroxyl groups excluding tert-OH is 1. The minimum Gasteiger partial charge on any atom is -0.454 e. The fraction of sp³-hybridized carbons (Fsp3) is 0.278. The Kier molecular flexibility index (Phi) is 5.61. The fourth-order valence-electron chi connectivity index (χ4n) is 2.33. The number of nitrogens with one attached hydrogen (secondary N) is 1. The number of carbonyl (C=O) groups is 1. The molecule has 0 saturated carbocycles. The van der Waals surface area contributed by atoms with Crippen LogP contribution in [0.2, 0.25) is 0 Å². The molecule has 0 fully saturated rings. The molecule has 2 N–H and O–H groups in total. The van der Waals surface area contributed by atoms with Crippen LogP contribution in [0.1, 0.15) is 18.1 Å². The zero-order chi connectivity index (χ0) is 16.8. The van der Waals surface area contributed by atoms with Gasteiger partial charge in [-0.15, -0.1) is 0 Å². The minimum absolute atomic E-state index is 0.0597. The van der Waals surface area contributed by atoms with E-state index in [2.05, 4.69) is 5.32 Å². The number of amides is 1. The smallest absolute Gasteiger partial charge is 0.231 e. The number of aliphatic hydroxyl groups is 1. The Hall–Kier alpha value is -2.18. The van der Waals surface area contributed by atoms with Crippen LogP contribution in [-0.4, -0.2) is 29.3 Å². The average Bonchev–Trinajstić information content (AvgIpc) is 3.07. The number of carbonyl (C=O) groups excluding carboxylic acids is 1. The molecule has 24 heavy (non-hydrogen) atoms. The third-order valence-corrected chi connectivity index (χ3v) is 4.63. The first-order valence-electron chi connectivity index (χ1n) is 7.72. The average molecular weight is 345 g/mol. The predicted molar refractivity (Wildman–Crippen MR) is 94.5 cm³/mol. The molecule has 0 aliphatic carbocycles. The van der Waals surface area contributed by atoms with Gasteiger partial charge in [-0.25, -0.2) is 0 Å². The quantitative estimate of drug-likeness (QED) is 0.754. The Morgan fingerprint density at radius 3 is 2.79 bits per heavy atom. The molecule has 3 rings (SSSR count). The van der Waals surface area contributed by atoms with Crippen LogP contribution in [0.3, 0.4) is 0 Å². The van der Waals surface area contributed by atoms with Gasteiger partial charge in [0.1, 0.15) is 0 Å². The van der Waals surface area contributed by atoms with Crippen LogP contribution >= 0.6 is 11.8 Å². The van der Waals surface area contributed by atoms with E-state index in [1.165, 1.54) is 0 Å². The van der Waals surface area contributed by atoms with Gasteiger partial charge in [-0.2, -0.15) is 11.8 Å². The van der Waals surface area contributed by atoms with Crippen LogP contribution in [0.4, 0.5) is 5.69 Å². The highest BCUT2D eigenvalue weighted by Gasteiger charge is 2.14. The summed E-state index contributed by atoms with van der Waals surface area (Å²) in [7, 11) is 0. The molecule has 1 heterocycles. The lowest BCUT2D eigenvalue weighted by Gasteiger charge is -2.10. The first-order valence-corrected chi connectivity index (χ1v) is 8.88. The van der Waals surface area contributed by atoms with Gasteiger partial charge in [-0.05, 0) is 17.7 Å². The summed E-state index contributed by atoms with van der Waals surface area (Å²) in [5.41, 5.74) is 1.59. The zero-order valence-electron chi connectivity index (χ0n) is 13.1. The van der Waals surface area contributed by atoms with Gasteiger partial charge in [0.05, 0.1) is 6.10 Å². The Morgan fingerprint density at radius 1 is 1.17 bits per heavy atom. The number of anilines is 1. The molecular formula is C18H19NO4S. The second kappa shape index (κ2) is 8.08. The zero-order valence-corrected chi connectivity index (χ0v) is 13.9. The van der Waals surface area contributed by atoms with Crippen LogP contribution in [0.5, 0.6) is 11.5 Å². The number of rotatable bonds is 7. The molecule has 0 bridgehead atoms. The normalized spacial score (nSPS) is 13.5. The Morgan fingerprint density at radius 2 is 1.96 bits per heavy atom. The third kappa shape index (κ3) is 4.43. The van der Waals surface area contributed by atoms with E-state index < -0.39 is 6.10 Å². The number of benzene rings is 2. The molecule has 1 atom stereocenters. The highest BCUT2D eigenvalue weighted by molar-refractivity contribution is 7.99. The van der Waals surface area contributed by atoms with Crippen LogP contribution in [0, 0.1) is 0 Å². The van der Waals surface area contributed by atoms with E-state index in [4.69, 9.17) is 9.47 Å². The standard InChI is InChI=1S/C18H19NO4S/c20-15(13-4-2-1-3-5-13)11-24-9-8-18(21)19-14-6-7-16-17(10-14)23-12-22-16/h1-7,10,15,20H,8-9,11-12H2,(H,19,21)/t15-/m1/s1. The monoisotopic (exact) mass is 345 g/mol. The molecule has 0 aromatic heterocycles. The summed E-state index contributed by atoms with van der Waals surface area (Å²) in [6.07, 6.45) is -0.117. The first kappa shape index (κ1) is 16.7. The number of hydrogen-bond donors (Lipinski definition) is 2. The van der Waals surface area contributed by atoms with Crippen molar-refractivity contribution in [1.29, 1.82) is 0 Å². The fourth-order valence-corrected chi connectivity index (χ4v) is 3.24. The van der Waals surface area contributed by atoms with E-state index in [9.17, 15) is 9.90 Å². The summed E-state index contributed by atoms with van der Waals surface area (Å²) in [4.78, 5) is 12.0. The van der Waals surface area contributed by atoms with Crippen molar-refractivity contribution in [3.05, 3.63) is 54.1 Å². The van der Waals surface area contributed by atoms with E-state index >= 15 is 0 Å². The van der Waals surface area contributed by atoms with E-state index in [0.717, 1.165) is 5.56 Å². The van der Waals surface area contributed by atoms with Crippen LogP contribution in [0.25, 0.3) is 0 Å². The molecule has 0 saturated heterocycles. The Bertz CT molecular complexity index is 693. The van der Waals surface area contributed by atoms with Crippen molar-refractivity contribution >= 4 is 23.4 Å². The van der Waals surface area contributed by atoms with Crippen molar-refractivity contribution in [3.8, 4) is 11.5 Å². The van der Waals surface area contributed by atoms with Gasteiger partial charge in [0, 0.05) is 29.7 Å². The molecule has 0 radical (unpaired) electrons. The summed E-state index contributed by atoms with van der Waals surface area (Å²) >= 11 is 1.56. The Balaban J connectivity index is 1.38. The molecule has 6 heteroatoms. The van der Waals surface area contributed by atoms with Crippen LogP contribution in [-0.2, 0) is 4.79 Å². The van der Waals surface area contributed by atoms with Gasteiger partial charge in [0.2, 0.25) is 12.7 Å². The van der Waals surface area contributed by atoms with Gasteiger partial charge in [-0.3, -0.25) is 4.79 Å². The highest BCUT2D eigenvalue weighted by Crippen LogP contribution is 2.34. The summed E-state index contributed by atoms with van der Waals surface area (Å²) < 4.78 is 10.5. The molecule has 1 aliphatic heterocycles. The molecule has 1 amide bonds. The lowest BCUT2D eigenvalue weighted by molar-refractivity contribution is -0.115. The molecule has 2 aromatic carbocycles. The van der Waals surface area contributed by atoms with Gasteiger partial charge in [0.25, 0.3) is 0 Å². The molecular weight excluding hydrogens is 326 g/mol. The highest BCUT2D eigenvalue weighted by atomic mass is 32.2. The van der Waals surface area contributed by atoms with Gasteiger partial charge < -0.3 is 19.9 Å². The van der Waals surface area contributed by atoms with Gasteiger partial charge >= 0.3 is 0 Å². The second-order valence-electron chi connectivity index (χ2n) is 5.37. The van der Waals surface area contributed by atoms with Gasteiger partial charge in [0.15, 0.2) is 11.5 Å². The summed E-state index contributed by atoms with van der Waals surface area (Å²) in [5, 5.41) is 12.9. The predicted octanol–water partition coefficient (Wildman–Crippen LogP) is 3.21.